The molecule has 6 nitrogen and oxygen atoms in total. The predicted octanol–water partition coefficient (Wildman–Crippen LogP) is -0.617. The topological polar surface area (TPSA) is 77.4 Å². The van der Waals surface area contributed by atoms with Crippen LogP contribution in [0, 0.1) is 0 Å². The van der Waals surface area contributed by atoms with Gasteiger partial charge in [-0.2, -0.15) is 0 Å². The van der Waals surface area contributed by atoms with Crippen molar-refractivity contribution in [1.82, 2.24) is 0 Å². The summed E-state index contributed by atoms with van der Waals surface area (Å²) in [5.74, 6) is 0. The number of rotatable bonds is 12. The van der Waals surface area contributed by atoms with Crippen molar-refractivity contribution in [3.63, 3.8) is 0 Å². The molecule has 2 N–H and O–H groups in total. The van der Waals surface area contributed by atoms with Gasteiger partial charge in [0.25, 0.3) is 0 Å². The van der Waals surface area contributed by atoms with Crippen LogP contribution in [0.3, 0.4) is 0 Å². The highest BCUT2D eigenvalue weighted by atomic mass is 16.7. The highest BCUT2D eigenvalue weighted by Gasteiger charge is 2.01. The zero-order valence-corrected chi connectivity index (χ0v) is 9.76. The van der Waals surface area contributed by atoms with Gasteiger partial charge in [0.05, 0.1) is 52.9 Å². The third-order valence-electron chi connectivity index (χ3n) is 1.63. The lowest BCUT2D eigenvalue weighted by Crippen LogP contribution is -2.19. The van der Waals surface area contributed by atoms with Crippen molar-refractivity contribution < 1.29 is 29.2 Å². The maximum Gasteiger partial charge on any atom is 0.155 e. The van der Waals surface area contributed by atoms with E-state index < -0.39 is 0 Å². The number of aliphatic hydroxyl groups excluding tert-OH is 2. The van der Waals surface area contributed by atoms with Gasteiger partial charge in [0.2, 0.25) is 0 Å². The summed E-state index contributed by atoms with van der Waals surface area (Å²) in [6.45, 7) is 4.23. The Bertz CT molecular complexity index is 118. The summed E-state index contributed by atoms with van der Waals surface area (Å²) >= 11 is 0. The molecule has 0 saturated carbocycles. The Hall–Kier alpha value is -0.240. The van der Waals surface area contributed by atoms with Crippen molar-refractivity contribution >= 4 is 0 Å². The molecular weight excluding hydrogens is 216 g/mol. The van der Waals surface area contributed by atoms with E-state index in [1.54, 1.807) is 6.92 Å². The zero-order valence-electron chi connectivity index (χ0n) is 9.76. The van der Waals surface area contributed by atoms with Crippen molar-refractivity contribution in [1.29, 1.82) is 0 Å². The molecule has 98 valence electrons. The standard InChI is InChI=1S/C10H22O6/c1-10(15-8-6-13-4-2-11)16-9-7-14-5-3-12/h10-12H,2-9H2,1H3. The summed E-state index contributed by atoms with van der Waals surface area (Å²) in [6.07, 6.45) is -0.310. The van der Waals surface area contributed by atoms with Gasteiger partial charge in [0, 0.05) is 0 Å². The molecule has 0 atom stereocenters. The maximum absolute atomic E-state index is 8.44. The van der Waals surface area contributed by atoms with E-state index in [1.165, 1.54) is 0 Å². The SMILES string of the molecule is CC(OCCOCCO)OCCOCCO. The molecular formula is C10H22O6. The van der Waals surface area contributed by atoms with Gasteiger partial charge < -0.3 is 29.2 Å². The van der Waals surface area contributed by atoms with Crippen molar-refractivity contribution in [2.75, 3.05) is 52.9 Å². The lowest BCUT2D eigenvalue weighted by molar-refractivity contribution is -0.148. The molecule has 0 unspecified atom stereocenters. The monoisotopic (exact) mass is 238 g/mol. The van der Waals surface area contributed by atoms with Gasteiger partial charge in [0.1, 0.15) is 0 Å². The van der Waals surface area contributed by atoms with Gasteiger partial charge in [0.15, 0.2) is 6.29 Å². The number of hydrogen-bond donors (Lipinski definition) is 2. The smallest absolute Gasteiger partial charge is 0.155 e. The quantitative estimate of drug-likeness (QED) is 0.349. The average Bonchev–Trinajstić information content (AvgIpc) is 2.28. The van der Waals surface area contributed by atoms with Crippen molar-refractivity contribution in [3.8, 4) is 0 Å². The van der Waals surface area contributed by atoms with Crippen LogP contribution in [0.2, 0.25) is 0 Å². The van der Waals surface area contributed by atoms with Gasteiger partial charge in [-0.3, -0.25) is 0 Å². The molecule has 0 aromatic heterocycles. The van der Waals surface area contributed by atoms with Gasteiger partial charge in [-0.25, -0.2) is 0 Å². The van der Waals surface area contributed by atoms with Crippen LogP contribution in [0.4, 0.5) is 0 Å². The van der Waals surface area contributed by atoms with Crippen LogP contribution in [0.5, 0.6) is 0 Å². The van der Waals surface area contributed by atoms with Crippen molar-refractivity contribution in [3.05, 3.63) is 0 Å². The molecule has 0 radical (unpaired) electrons. The summed E-state index contributed by atoms with van der Waals surface area (Å²) in [5, 5.41) is 16.9. The Morgan fingerprint density at radius 1 is 0.750 bits per heavy atom. The highest BCUT2D eigenvalue weighted by molar-refractivity contribution is 4.36. The first-order valence-electron chi connectivity index (χ1n) is 5.41. The number of ether oxygens (including phenoxy) is 4. The Morgan fingerprint density at radius 3 is 1.56 bits per heavy atom. The summed E-state index contributed by atoms with van der Waals surface area (Å²) in [5.41, 5.74) is 0. The van der Waals surface area contributed by atoms with Gasteiger partial charge in [-0.05, 0) is 6.92 Å². The lowest BCUT2D eigenvalue weighted by Gasteiger charge is -2.14. The predicted molar refractivity (Wildman–Crippen MR) is 57.2 cm³/mol. The zero-order chi connectivity index (χ0) is 12.1. The molecule has 0 rings (SSSR count). The first kappa shape index (κ1) is 15.8. The molecule has 0 saturated heterocycles. The molecule has 0 aromatic rings. The highest BCUT2D eigenvalue weighted by Crippen LogP contribution is 1.93. The summed E-state index contributed by atoms with van der Waals surface area (Å²) < 4.78 is 20.5. The van der Waals surface area contributed by atoms with E-state index in [9.17, 15) is 0 Å². The minimum Gasteiger partial charge on any atom is -0.394 e. The molecule has 0 aliphatic rings. The van der Waals surface area contributed by atoms with Gasteiger partial charge >= 0.3 is 0 Å². The van der Waals surface area contributed by atoms with E-state index in [0.29, 0.717) is 39.6 Å². The summed E-state index contributed by atoms with van der Waals surface area (Å²) in [6, 6.07) is 0. The Morgan fingerprint density at radius 2 is 1.19 bits per heavy atom. The van der Waals surface area contributed by atoms with Crippen LogP contribution in [0.25, 0.3) is 0 Å². The fraction of sp³-hybridized carbons (Fsp3) is 1.00. The number of aliphatic hydroxyl groups is 2. The molecule has 0 spiro atoms. The number of hydrogen-bond acceptors (Lipinski definition) is 6. The van der Waals surface area contributed by atoms with E-state index in [1.807, 2.05) is 0 Å². The second-order valence-electron chi connectivity index (χ2n) is 2.98. The van der Waals surface area contributed by atoms with Crippen LogP contribution >= 0.6 is 0 Å². The van der Waals surface area contributed by atoms with Crippen LogP contribution in [0.1, 0.15) is 6.92 Å². The Balaban J connectivity index is 3.09. The lowest BCUT2D eigenvalue weighted by atomic mass is 10.6. The molecule has 16 heavy (non-hydrogen) atoms. The Labute approximate surface area is 96.1 Å². The van der Waals surface area contributed by atoms with Crippen LogP contribution in [-0.4, -0.2) is 69.4 Å². The third-order valence-corrected chi connectivity index (χ3v) is 1.63. The molecule has 0 aromatic carbocycles. The molecule has 0 heterocycles. The van der Waals surface area contributed by atoms with E-state index >= 15 is 0 Å². The van der Waals surface area contributed by atoms with E-state index in [2.05, 4.69) is 0 Å². The fourth-order valence-electron chi connectivity index (χ4n) is 0.927. The maximum atomic E-state index is 8.44. The molecule has 0 amide bonds. The van der Waals surface area contributed by atoms with E-state index in [-0.39, 0.29) is 19.5 Å². The van der Waals surface area contributed by atoms with E-state index in [0.717, 1.165) is 0 Å². The molecule has 0 fully saturated rings. The molecule has 0 aliphatic carbocycles. The first-order valence-corrected chi connectivity index (χ1v) is 5.41. The van der Waals surface area contributed by atoms with Crippen LogP contribution in [-0.2, 0) is 18.9 Å². The minimum absolute atomic E-state index is 0.0221. The van der Waals surface area contributed by atoms with Crippen LogP contribution in [0.15, 0.2) is 0 Å². The molecule has 0 bridgehead atoms. The van der Waals surface area contributed by atoms with Gasteiger partial charge in [-0.1, -0.05) is 0 Å². The van der Waals surface area contributed by atoms with Crippen LogP contribution < -0.4 is 0 Å². The molecule has 6 heteroatoms. The second kappa shape index (κ2) is 12.8. The van der Waals surface area contributed by atoms with Gasteiger partial charge in [-0.15, -0.1) is 0 Å². The Kier molecular flexibility index (Phi) is 12.6. The average molecular weight is 238 g/mol. The summed E-state index contributed by atoms with van der Waals surface area (Å²) in [7, 11) is 0. The van der Waals surface area contributed by atoms with Crippen molar-refractivity contribution in [2.24, 2.45) is 0 Å². The second-order valence-corrected chi connectivity index (χ2v) is 2.98. The fourth-order valence-corrected chi connectivity index (χ4v) is 0.927. The summed E-state index contributed by atoms with van der Waals surface area (Å²) in [4.78, 5) is 0. The normalized spacial score (nSPS) is 11.2. The third kappa shape index (κ3) is 11.8. The largest absolute Gasteiger partial charge is 0.394 e. The first-order chi connectivity index (χ1) is 7.81. The minimum atomic E-state index is -0.310. The van der Waals surface area contributed by atoms with Crippen molar-refractivity contribution in [2.45, 2.75) is 13.2 Å². The molecule has 0 aliphatic heterocycles. The van der Waals surface area contributed by atoms with E-state index in [4.69, 9.17) is 29.2 Å².